The molecule has 0 radical (unpaired) electrons. The summed E-state index contributed by atoms with van der Waals surface area (Å²) in [6.07, 6.45) is 1.41. The van der Waals surface area contributed by atoms with Crippen molar-refractivity contribution in [2.45, 2.75) is 11.6 Å². The van der Waals surface area contributed by atoms with Crippen LogP contribution in [0.4, 0.5) is 4.39 Å². The van der Waals surface area contributed by atoms with Crippen LogP contribution in [0.2, 0.25) is 0 Å². The molecule has 5 heteroatoms. The molecule has 2 atom stereocenters. The van der Waals surface area contributed by atoms with Crippen molar-refractivity contribution in [1.82, 2.24) is 5.32 Å². The summed E-state index contributed by atoms with van der Waals surface area (Å²) in [4.78, 5) is 10.8. The first-order chi connectivity index (χ1) is 6.64. The zero-order valence-corrected chi connectivity index (χ0v) is 7.37. The zero-order chi connectivity index (χ0) is 10.2. The molecular formula is C9H10FNO3. The maximum Gasteiger partial charge on any atom is 0.343 e. The van der Waals surface area contributed by atoms with E-state index in [0.29, 0.717) is 5.76 Å². The molecule has 2 unspecified atom stereocenters. The van der Waals surface area contributed by atoms with Gasteiger partial charge in [0.15, 0.2) is 0 Å². The average molecular weight is 199 g/mol. The Morgan fingerprint density at radius 2 is 2.57 bits per heavy atom. The molecule has 14 heavy (non-hydrogen) atoms. The van der Waals surface area contributed by atoms with Gasteiger partial charge in [-0.05, 0) is 12.1 Å². The second-order valence-electron chi connectivity index (χ2n) is 3.37. The third-order valence-electron chi connectivity index (χ3n) is 2.53. The second-order valence-corrected chi connectivity index (χ2v) is 3.37. The lowest BCUT2D eigenvalue weighted by molar-refractivity contribution is -0.150. The van der Waals surface area contributed by atoms with E-state index >= 15 is 0 Å². The Hall–Kier alpha value is -1.36. The molecule has 2 N–H and O–H groups in total. The molecule has 0 amide bonds. The Labute approximate surface area is 79.7 Å². The highest BCUT2D eigenvalue weighted by atomic mass is 19.1. The first-order valence-corrected chi connectivity index (χ1v) is 4.31. The van der Waals surface area contributed by atoms with Gasteiger partial charge in [0.1, 0.15) is 5.76 Å². The van der Waals surface area contributed by atoms with Gasteiger partial charge >= 0.3 is 5.97 Å². The molecule has 4 nitrogen and oxygen atoms in total. The smallest absolute Gasteiger partial charge is 0.343 e. The highest BCUT2D eigenvalue weighted by Gasteiger charge is 2.52. The molecule has 2 heterocycles. The van der Waals surface area contributed by atoms with Crippen LogP contribution in [-0.4, -0.2) is 29.8 Å². The summed E-state index contributed by atoms with van der Waals surface area (Å²) in [5.74, 6) is -1.81. The lowest BCUT2D eigenvalue weighted by atomic mass is 9.91. The van der Waals surface area contributed by atoms with Crippen LogP contribution >= 0.6 is 0 Å². The molecule has 1 saturated heterocycles. The fourth-order valence-corrected chi connectivity index (χ4v) is 1.72. The molecule has 1 aliphatic rings. The SMILES string of the molecule is O=C(O)C1(F)CNCC1c1ccco1. The number of alkyl halides is 1. The van der Waals surface area contributed by atoms with Crippen molar-refractivity contribution in [2.75, 3.05) is 13.1 Å². The predicted molar refractivity (Wildman–Crippen MR) is 45.8 cm³/mol. The summed E-state index contributed by atoms with van der Waals surface area (Å²) in [6.45, 7) is 0.115. The van der Waals surface area contributed by atoms with E-state index in [1.54, 1.807) is 12.1 Å². The summed E-state index contributed by atoms with van der Waals surface area (Å²) in [5.41, 5.74) is -2.25. The van der Waals surface area contributed by atoms with E-state index in [4.69, 9.17) is 9.52 Å². The van der Waals surface area contributed by atoms with Gasteiger partial charge < -0.3 is 14.8 Å². The van der Waals surface area contributed by atoms with Gasteiger partial charge in [0.25, 0.3) is 0 Å². The van der Waals surface area contributed by atoms with Gasteiger partial charge in [-0.25, -0.2) is 9.18 Å². The molecule has 1 aromatic rings. The van der Waals surface area contributed by atoms with E-state index < -0.39 is 17.6 Å². The maximum absolute atomic E-state index is 13.9. The summed E-state index contributed by atoms with van der Waals surface area (Å²) in [7, 11) is 0. The molecule has 0 saturated carbocycles. The Kier molecular flexibility index (Phi) is 2.03. The Morgan fingerprint density at radius 3 is 3.14 bits per heavy atom. The van der Waals surface area contributed by atoms with Crippen molar-refractivity contribution in [2.24, 2.45) is 0 Å². The van der Waals surface area contributed by atoms with Gasteiger partial charge in [-0.1, -0.05) is 0 Å². The van der Waals surface area contributed by atoms with E-state index in [9.17, 15) is 9.18 Å². The number of hydrogen-bond acceptors (Lipinski definition) is 3. The third-order valence-corrected chi connectivity index (χ3v) is 2.53. The lowest BCUT2D eigenvalue weighted by Gasteiger charge is -2.19. The number of rotatable bonds is 2. The molecule has 0 bridgehead atoms. The minimum absolute atomic E-state index is 0.173. The van der Waals surface area contributed by atoms with Gasteiger partial charge in [0, 0.05) is 13.1 Å². The first kappa shape index (κ1) is 9.21. The summed E-state index contributed by atoms with van der Waals surface area (Å²) >= 11 is 0. The molecule has 0 spiro atoms. The molecule has 76 valence electrons. The van der Waals surface area contributed by atoms with E-state index in [2.05, 4.69) is 5.32 Å². The second kappa shape index (κ2) is 3.09. The topological polar surface area (TPSA) is 62.5 Å². The van der Waals surface area contributed by atoms with Crippen molar-refractivity contribution in [3.63, 3.8) is 0 Å². The van der Waals surface area contributed by atoms with E-state index in [0.717, 1.165) is 0 Å². The number of carboxylic acids is 1. The Balaban J connectivity index is 2.32. The molecule has 0 aliphatic carbocycles. The van der Waals surface area contributed by atoms with Gasteiger partial charge in [-0.2, -0.15) is 0 Å². The van der Waals surface area contributed by atoms with Crippen molar-refractivity contribution in [3.8, 4) is 0 Å². The van der Waals surface area contributed by atoms with E-state index in [1.165, 1.54) is 6.26 Å². The number of hydrogen-bond donors (Lipinski definition) is 2. The zero-order valence-electron chi connectivity index (χ0n) is 7.37. The number of furan rings is 1. The fourth-order valence-electron chi connectivity index (χ4n) is 1.72. The maximum atomic E-state index is 13.9. The van der Waals surface area contributed by atoms with Gasteiger partial charge in [0.05, 0.1) is 12.2 Å². The first-order valence-electron chi connectivity index (χ1n) is 4.31. The molecule has 0 aromatic carbocycles. The van der Waals surface area contributed by atoms with Crippen LogP contribution in [0.15, 0.2) is 22.8 Å². The number of carbonyl (C=O) groups is 1. The van der Waals surface area contributed by atoms with Crippen molar-refractivity contribution >= 4 is 5.97 Å². The lowest BCUT2D eigenvalue weighted by Crippen LogP contribution is -2.40. The minimum atomic E-state index is -2.25. The van der Waals surface area contributed by atoms with Gasteiger partial charge in [-0.3, -0.25) is 0 Å². The van der Waals surface area contributed by atoms with Crippen LogP contribution in [0.5, 0.6) is 0 Å². The molecular weight excluding hydrogens is 189 g/mol. The Bertz CT molecular complexity index is 338. The molecule has 1 aromatic heterocycles. The van der Waals surface area contributed by atoms with Crippen LogP contribution in [-0.2, 0) is 4.79 Å². The van der Waals surface area contributed by atoms with Gasteiger partial charge in [0.2, 0.25) is 5.67 Å². The monoisotopic (exact) mass is 199 g/mol. The quantitative estimate of drug-likeness (QED) is 0.738. The van der Waals surface area contributed by atoms with Crippen LogP contribution in [0.3, 0.4) is 0 Å². The minimum Gasteiger partial charge on any atom is -0.479 e. The third kappa shape index (κ3) is 1.21. The van der Waals surface area contributed by atoms with Crippen molar-refractivity contribution < 1.29 is 18.7 Å². The highest BCUT2D eigenvalue weighted by Crippen LogP contribution is 2.35. The van der Waals surface area contributed by atoms with Gasteiger partial charge in [-0.15, -0.1) is 0 Å². The highest BCUT2D eigenvalue weighted by molar-refractivity contribution is 5.79. The van der Waals surface area contributed by atoms with Crippen molar-refractivity contribution in [3.05, 3.63) is 24.2 Å². The standard InChI is InChI=1S/C9H10FNO3/c10-9(8(12)13)5-11-4-6(9)7-2-1-3-14-7/h1-3,6,11H,4-5H2,(H,12,13). The van der Waals surface area contributed by atoms with Crippen LogP contribution < -0.4 is 5.32 Å². The average Bonchev–Trinajstić information content (AvgIpc) is 2.72. The number of nitrogens with one attached hydrogen (secondary N) is 1. The summed E-state index contributed by atoms with van der Waals surface area (Å²) in [6, 6.07) is 3.21. The fraction of sp³-hybridized carbons (Fsp3) is 0.444. The number of aliphatic carboxylic acids is 1. The van der Waals surface area contributed by atoms with Crippen molar-refractivity contribution in [1.29, 1.82) is 0 Å². The number of carboxylic acid groups (broad SMARTS) is 1. The molecule has 2 rings (SSSR count). The Morgan fingerprint density at radius 1 is 1.79 bits per heavy atom. The summed E-state index contributed by atoms with van der Waals surface area (Å²) in [5, 5.41) is 11.5. The normalized spacial score (nSPS) is 31.9. The van der Waals surface area contributed by atoms with E-state index in [-0.39, 0.29) is 13.1 Å². The number of halogens is 1. The summed E-state index contributed by atoms with van der Waals surface area (Å²) < 4.78 is 19.0. The van der Waals surface area contributed by atoms with Crippen LogP contribution in [0, 0.1) is 0 Å². The van der Waals surface area contributed by atoms with Crippen LogP contribution in [0.25, 0.3) is 0 Å². The van der Waals surface area contributed by atoms with E-state index in [1.807, 2.05) is 0 Å². The van der Waals surface area contributed by atoms with Crippen LogP contribution in [0.1, 0.15) is 11.7 Å². The molecule has 1 fully saturated rings. The molecule has 1 aliphatic heterocycles. The largest absolute Gasteiger partial charge is 0.479 e. The predicted octanol–water partition coefficient (Wildman–Crippen LogP) is 0.759.